The molecule has 0 heterocycles. The van der Waals surface area contributed by atoms with E-state index in [1.54, 1.807) is 17.0 Å². The Kier molecular flexibility index (Phi) is 11.5. The highest BCUT2D eigenvalue weighted by molar-refractivity contribution is 7.92. The summed E-state index contributed by atoms with van der Waals surface area (Å²) in [5, 5.41) is 3.28. The first-order valence-corrected chi connectivity index (χ1v) is 15.0. The highest BCUT2D eigenvalue weighted by Gasteiger charge is 2.30. The van der Waals surface area contributed by atoms with Crippen LogP contribution in [0.4, 0.5) is 5.69 Å². The Bertz CT molecular complexity index is 1180. The lowest BCUT2D eigenvalue weighted by atomic mass is 10.0. The largest absolute Gasteiger partial charge is 0.495 e. The lowest BCUT2D eigenvalue weighted by molar-refractivity contribution is -0.141. The van der Waals surface area contributed by atoms with Crippen LogP contribution in [-0.4, -0.2) is 63.2 Å². The van der Waals surface area contributed by atoms with Gasteiger partial charge in [-0.1, -0.05) is 48.9 Å². The van der Waals surface area contributed by atoms with E-state index in [2.05, 4.69) is 5.32 Å². The van der Waals surface area contributed by atoms with Gasteiger partial charge in [-0.05, 0) is 63.8 Å². The van der Waals surface area contributed by atoms with E-state index in [1.165, 1.54) is 17.5 Å². The van der Waals surface area contributed by atoms with Gasteiger partial charge < -0.3 is 15.0 Å². The SMILES string of the molecule is CC[C@H](C(=O)NC(C)(C)C)N(CCc1ccccc1)C(=O)CCCN(c1ccc(OC)c(Cl)c1)S(C)(=O)=O. The minimum absolute atomic E-state index is 0.0873. The average molecular weight is 566 g/mol. The number of amides is 2. The third-order valence-corrected chi connectivity index (χ3v) is 7.43. The van der Waals surface area contributed by atoms with Crippen molar-refractivity contribution >= 4 is 39.1 Å². The topological polar surface area (TPSA) is 96.0 Å². The van der Waals surface area contributed by atoms with E-state index in [9.17, 15) is 18.0 Å². The number of nitrogens with zero attached hydrogens (tertiary/aromatic N) is 2. The zero-order chi connectivity index (χ0) is 28.5. The molecule has 0 aliphatic heterocycles. The van der Waals surface area contributed by atoms with Gasteiger partial charge in [-0.3, -0.25) is 13.9 Å². The molecule has 1 N–H and O–H groups in total. The molecule has 0 aliphatic carbocycles. The number of hydrogen-bond donors (Lipinski definition) is 1. The molecule has 2 aromatic rings. The van der Waals surface area contributed by atoms with Gasteiger partial charge in [0.1, 0.15) is 11.8 Å². The van der Waals surface area contributed by atoms with Crippen molar-refractivity contribution in [2.75, 3.05) is 30.8 Å². The highest BCUT2D eigenvalue weighted by Crippen LogP contribution is 2.30. The summed E-state index contributed by atoms with van der Waals surface area (Å²) in [5.41, 5.74) is 1.02. The quantitative estimate of drug-likeness (QED) is 0.381. The van der Waals surface area contributed by atoms with Gasteiger partial charge in [-0.25, -0.2) is 8.42 Å². The molecule has 0 aliphatic rings. The van der Waals surface area contributed by atoms with Crippen LogP contribution in [0.5, 0.6) is 5.75 Å². The highest BCUT2D eigenvalue weighted by atomic mass is 35.5. The van der Waals surface area contributed by atoms with Crippen LogP contribution >= 0.6 is 11.6 Å². The number of rotatable bonds is 13. The zero-order valence-corrected chi connectivity index (χ0v) is 24.7. The Morgan fingerprint density at radius 1 is 1.08 bits per heavy atom. The summed E-state index contributed by atoms with van der Waals surface area (Å²) in [5.74, 6) is 0.0392. The van der Waals surface area contributed by atoms with Crippen molar-refractivity contribution in [3.8, 4) is 5.75 Å². The number of hydrogen-bond acceptors (Lipinski definition) is 5. The first-order chi connectivity index (χ1) is 17.8. The smallest absolute Gasteiger partial charge is 0.243 e. The van der Waals surface area contributed by atoms with Crippen molar-refractivity contribution < 1.29 is 22.7 Å². The average Bonchev–Trinajstić information content (AvgIpc) is 2.83. The lowest BCUT2D eigenvalue weighted by Crippen LogP contribution is -2.54. The van der Waals surface area contributed by atoms with Crippen molar-refractivity contribution in [3.63, 3.8) is 0 Å². The zero-order valence-electron chi connectivity index (χ0n) is 23.2. The number of carbonyl (C=O) groups excluding carboxylic acids is 2. The number of methoxy groups -OCH3 is 1. The van der Waals surface area contributed by atoms with Crippen LogP contribution in [0.2, 0.25) is 5.02 Å². The van der Waals surface area contributed by atoms with Crippen LogP contribution < -0.4 is 14.4 Å². The van der Waals surface area contributed by atoms with Gasteiger partial charge in [0.05, 0.1) is 24.1 Å². The molecule has 2 aromatic carbocycles. The van der Waals surface area contributed by atoms with Gasteiger partial charge in [-0.2, -0.15) is 0 Å². The Labute approximate surface area is 232 Å². The third kappa shape index (κ3) is 9.51. The molecule has 0 saturated carbocycles. The molecular formula is C28H40ClN3O5S. The van der Waals surface area contributed by atoms with E-state index >= 15 is 0 Å². The molecule has 2 rings (SSSR count). The molecule has 0 saturated heterocycles. The minimum atomic E-state index is -3.63. The van der Waals surface area contributed by atoms with E-state index in [4.69, 9.17) is 16.3 Å². The number of benzene rings is 2. The fourth-order valence-corrected chi connectivity index (χ4v) is 5.37. The Balaban J connectivity index is 2.20. The molecule has 0 radical (unpaired) electrons. The van der Waals surface area contributed by atoms with Crippen LogP contribution in [0.1, 0.15) is 52.5 Å². The van der Waals surface area contributed by atoms with Gasteiger partial charge >= 0.3 is 0 Å². The summed E-state index contributed by atoms with van der Waals surface area (Å²) in [6.45, 7) is 8.05. The van der Waals surface area contributed by atoms with Crippen molar-refractivity contribution in [3.05, 3.63) is 59.1 Å². The normalized spacial score (nSPS) is 12.5. The monoisotopic (exact) mass is 565 g/mol. The predicted molar refractivity (Wildman–Crippen MR) is 153 cm³/mol. The van der Waals surface area contributed by atoms with E-state index < -0.39 is 21.6 Å². The fraction of sp³-hybridized carbons (Fsp3) is 0.500. The van der Waals surface area contributed by atoms with Gasteiger partial charge in [0.25, 0.3) is 0 Å². The van der Waals surface area contributed by atoms with E-state index in [0.717, 1.165) is 11.8 Å². The molecule has 210 valence electrons. The number of anilines is 1. The van der Waals surface area contributed by atoms with Crippen LogP contribution in [0.25, 0.3) is 0 Å². The maximum atomic E-state index is 13.5. The Hall–Kier alpha value is -2.78. The van der Waals surface area contributed by atoms with Crippen molar-refractivity contribution in [1.29, 1.82) is 0 Å². The van der Waals surface area contributed by atoms with Crippen LogP contribution in [0.15, 0.2) is 48.5 Å². The second-order valence-electron chi connectivity index (χ2n) is 10.2. The second kappa shape index (κ2) is 13.8. The number of carbonyl (C=O) groups is 2. The Morgan fingerprint density at radius 3 is 2.26 bits per heavy atom. The number of halogens is 1. The van der Waals surface area contributed by atoms with Gasteiger partial charge in [0.15, 0.2) is 0 Å². The molecule has 0 bridgehead atoms. The van der Waals surface area contributed by atoms with E-state index in [0.29, 0.717) is 30.8 Å². The summed E-state index contributed by atoms with van der Waals surface area (Å²) in [7, 11) is -2.15. The van der Waals surface area contributed by atoms with Crippen LogP contribution in [0, 0.1) is 0 Å². The maximum Gasteiger partial charge on any atom is 0.243 e. The molecule has 38 heavy (non-hydrogen) atoms. The Morgan fingerprint density at radius 2 is 1.74 bits per heavy atom. The van der Waals surface area contributed by atoms with Crippen molar-refractivity contribution in [2.45, 2.75) is 65.0 Å². The molecule has 0 aromatic heterocycles. The molecular weight excluding hydrogens is 526 g/mol. The third-order valence-electron chi connectivity index (χ3n) is 5.94. The van der Waals surface area contributed by atoms with Gasteiger partial charge in [0, 0.05) is 25.0 Å². The lowest BCUT2D eigenvalue weighted by Gasteiger charge is -2.33. The molecule has 2 amide bonds. The molecule has 10 heteroatoms. The standard InChI is InChI=1S/C28H40ClN3O5S/c1-7-24(27(34)30-28(2,3)4)31(19-17-21-12-9-8-10-13-21)26(33)14-11-18-32(38(6,35)36)22-15-16-25(37-5)23(29)20-22/h8-10,12-13,15-16,20,24H,7,11,14,17-19H2,1-6H3,(H,30,34)/t24-/m1/s1. The van der Waals surface area contributed by atoms with E-state index in [-0.39, 0.29) is 36.2 Å². The molecule has 8 nitrogen and oxygen atoms in total. The maximum absolute atomic E-state index is 13.5. The predicted octanol–water partition coefficient (Wildman–Crippen LogP) is 4.66. The molecule has 1 atom stereocenters. The van der Waals surface area contributed by atoms with Gasteiger partial charge in [0.2, 0.25) is 21.8 Å². The fourth-order valence-electron chi connectivity index (χ4n) is 4.16. The summed E-state index contributed by atoms with van der Waals surface area (Å²) >= 11 is 6.22. The number of ether oxygens (including phenoxy) is 1. The summed E-state index contributed by atoms with van der Waals surface area (Å²) < 4.78 is 31.5. The first-order valence-electron chi connectivity index (χ1n) is 12.7. The molecule has 0 unspecified atom stereocenters. The summed E-state index contributed by atoms with van der Waals surface area (Å²) in [6.07, 6.45) is 2.54. The van der Waals surface area contributed by atoms with Crippen molar-refractivity contribution in [1.82, 2.24) is 10.2 Å². The minimum Gasteiger partial charge on any atom is -0.495 e. The summed E-state index contributed by atoms with van der Waals surface area (Å²) in [4.78, 5) is 28.2. The first kappa shape index (κ1) is 31.4. The van der Waals surface area contributed by atoms with E-state index in [1.807, 2.05) is 58.0 Å². The molecule has 0 fully saturated rings. The molecule has 0 spiro atoms. The van der Waals surface area contributed by atoms with Gasteiger partial charge in [-0.15, -0.1) is 0 Å². The number of nitrogens with one attached hydrogen (secondary N) is 1. The van der Waals surface area contributed by atoms with Crippen LogP contribution in [-0.2, 0) is 26.0 Å². The number of sulfonamides is 1. The van der Waals surface area contributed by atoms with Crippen LogP contribution in [0.3, 0.4) is 0 Å². The van der Waals surface area contributed by atoms with Crippen molar-refractivity contribution in [2.24, 2.45) is 0 Å². The summed E-state index contributed by atoms with van der Waals surface area (Å²) in [6, 6.07) is 13.9. The second-order valence-corrected chi connectivity index (χ2v) is 12.6.